The first-order chi connectivity index (χ1) is 8.17. The van der Waals surface area contributed by atoms with E-state index in [0.717, 1.165) is 18.1 Å². The van der Waals surface area contributed by atoms with Gasteiger partial charge in [-0.05, 0) is 38.2 Å². The minimum Gasteiger partial charge on any atom is -0.318 e. The third-order valence-corrected chi connectivity index (χ3v) is 3.28. The molecule has 1 unspecified atom stereocenters. The SMILES string of the molecule is CCCC(CNC)N(C)Cc1ccc(Cl)cc1. The molecule has 0 amide bonds. The van der Waals surface area contributed by atoms with Gasteiger partial charge in [-0.25, -0.2) is 0 Å². The molecule has 1 aromatic carbocycles. The van der Waals surface area contributed by atoms with E-state index >= 15 is 0 Å². The molecular formula is C14H23ClN2. The molecule has 0 spiro atoms. The zero-order valence-corrected chi connectivity index (χ0v) is 11.8. The van der Waals surface area contributed by atoms with E-state index in [9.17, 15) is 0 Å². The van der Waals surface area contributed by atoms with Crippen LogP contribution in [0.1, 0.15) is 25.3 Å². The van der Waals surface area contributed by atoms with Crippen LogP contribution in [0.2, 0.25) is 5.02 Å². The summed E-state index contributed by atoms with van der Waals surface area (Å²) < 4.78 is 0. The van der Waals surface area contributed by atoms with Crippen LogP contribution >= 0.6 is 11.6 Å². The first kappa shape index (κ1) is 14.5. The van der Waals surface area contributed by atoms with Crippen LogP contribution in [0.4, 0.5) is 0 Å². The van der Waals surface area contributed by atoms with Crippen molar-refractivity contribution in [1.82, 2.24) is 10.2 Å². The van der Waals surface area contributed by atoms with Crippen LogP contribution in [-0.4, -0.2) is 31.6 Å². The van der Waals surface area contributed by atoms with Crippen molar-refractivity contribution in [3.05, 3.63) is 34.9 Å². The fraction of sp³-hybridized carbons (Fsp3) is 0.571. The molecule has 0 aromatic heterocycles. The minimum absolute atomic E-state index is 0.598. The summed E-state index contributed by atoms with van der Waals surface area (Å²) >= 11 is 5.89. The molecule has 2 nitrogen and oxygen atoms in total. The van der Waals surface area contributed by atoms with Crippen molar-refractivity contribution in [3.63, 3.8) is 0 Å². The Morgan fingerprint density at radius 3 is 2.47 bits per heavy atom. The van der Waals surface area contributed by atoms with Gasteiger partial charge >= 0.3 is 0 Å². The van der Waals surface area contributed by atoms with Crippen LogP contribution in [0.15, 0.2) is 24.3 Å². The lowest BCUT2D eigenvalue weighted by atomic mass is 10.1. The minimum atomic E-state index is 0.598. The Bertz CT molecular complexity index is 305. The molecule has 1 N–H and O–H groups in total. The van der Waals surface area contributed by atoms with Crippen molar-refractivity contribution in [2.45, 2.75) is 32.4 Å². The molecule has 1 rings (SSSR count). The van der Waals surface area contributed by atoms with Crippen molar-refractivity contribution in [2.75, 3.05) is 20.6 Å². The lowest BCUT2D eigenvalue weighted by molar-refractivity contribution is 0.218. The van der Waals surface area contributed by atoms with Gasteiger partial charge in [-0.2, -0.15) is 0 Å². The summed E-state index contributed by atoms with van der Waals surface area (Å²) in [6, 6.07) is 8.71. The maximum atomic E-state index is 5.89. The molecule has 0 heterocycles. The molecule has 0 aliphatic rings. The van der Waals surface area contributed by atoms with Gasteiger partial charge in [0.2, 0.25) is 0 Å². The van der Waals surface area contributed by atoms with E-state index in [0.29, 0.717) is 6.04 Å². The summed E-state index contributed by atoms with van der Waals surface area (Å²) in [5.74, 6) is 0. The highest BCUT2D eigenvalue weighted by molar-refractivity contribution is 6.30. The highest BCUT2D eigenvalue weighted by Gasteiger charge is 2.12. The van der Waals surface area contributed by atoms with Crippen LogP contribution in [-0.2, 0) is 6.54 Å². The number of likely N-dealkylation sites (N-methyl/N-ethyl adjacent to an activating group) is 2. The number of nitrogens with zero attached hydrogens (tertiary/aromatic N) is 1. The van der Waals surface area contributed by atoms with Crippen LogP contribution < -0.4 is 5.32 Å². The van der Waals surface area contributed by atoms with Gasteiger partial charge in [0.05, 0.1) is 0 Å². The Morgan fingerprint density at radius 1 is 1.29 bits per heavy atom. The van der Waals surface area contributed by atoms with Gasteiger partial charge in [0.1, 0.15) is 0 Å². The smallest absolute Gasteiger partial charge is 0.0406 e. The van der Waals surface area contributed by atoms with Crippen molar-refractivity contribution in [1.29, 1.82) is 0 Å². The monoisotopic (exact) mass is 254 g/mol. The predicted octanol–water partition coefficient (Wildman–Crippen LogP) is 3.16. The van der Waals surface area contributed by atoms with E-state index in [-0.39, 0.29) is 0 Å². The molecule has 0 bridgehead atoms. The molecule has 0 radical (unpaired) electrons. The Hall–Kier alpha value is -0.570. The second-order valence-electron chi connectivity index (χ2n) is 4.54. The number of rotatable bonds is 7. The van der Waals surface area contributed by atoms with Gasteiger partial charge in [0.25, 0.3) is 0 Å². The van der Waals surface area contributed by atoms with Gasteiger partial charge in [-0.3, -0.25) is 4.90 Å². The molecule has 1 aromatic rings. The van der Waals surface area contributed by atoms with Crippen LogP contribution in [0.3, 0.4) is 0 Å². The molecule has 96 valence electrons. The largest absolute Gasteiger partial charge is 0.318 e. The van der Waals surface area contributed by atoms with Crippen LogP contribution in [0.5, 0.6) is 0 Å². The average molecular weight is 255 g/mol. The molecule has 0 aliphatic carbocycles. The Kier molecular flexibility index (Phi) is 6.56. The van der Waals surface area contributed by atoms with Crippen LogP contribution in [0.25, 0.3) is 0 Å². The summed E-state index contributed by atoms with van der Waals surface area (Å²) in [6.07, 6.45) is 2.45. The lowest BCUT2D eigenvalue weighted by Gasteiger charge is -2.27. The standard InChI is InChI=1S/C14H23ClN2/c1-4-5-14(10-16-2)17(3)11-12-6-8-13(15)9-7-12/h6-9,14,16H,4-5,10-11H2,1-3H3. The van der Waals surface area contributed by atoms with Crippen molar-refractivity contribution < 1.29 is 0 Å². The maximum absolute atomic E-state index is 5.89. The van der Waals surface area contributed by atoms with Gasteiger partial charge in [-0.15, -0.1) is 0 Å². The van der Waals surface area contributed by atoms with E-state index in [1.165, 1.54) is 18.4 Å². The summed E-state index contributed by atoms with van der Waals surface area (Å²) in [5.41, 5.74) is 1.31. The number of nitrogens with one attached hydrogen (secondary N) is 1. The van der Waals surface area contributed by atoms with E-state index in [4.69, 9.17) is 11.6 Å². The van der Waals surface area contributed by atoms with Crippen molar-refractivity contribution >= 4 is 11.6 Å². The van der Waals surface area contributed by atoms with Gasteiger partial charge in [0.15, 0.2) is 0 Å². The zero-order chi connectivity index (χ0) is 12.7. The number of benzene rings is 1. The second kappa shape index (κ2) is 7.70. The van der Waals surface area contributed by atoms with Crippen LogP contribution in [0, 0.1) is 0 Å². The van der Waals surface area contributed by atoms with E-state index < -0.39 is 0 Å². The van der Waals surface area contributed by atoms with E-state index in [2.05, 4.69) is 36.3 Å². The summed E-state index contributed by atoms with van der Waals surface area (Å²) in [4.78, 5) is 2.41. The highest BCUT2D eigenvalue weighted by Crippen LogP contribution is 2.13. The Morgan fingerprint density at radius 2 is 1.94 bits per heavy atom. The zero-order valence-electron chi connectivity index (χ0n) is 11.0. The number of hydrogen-bond donors (Lipinski definition) is 1. The number of hydrogen-bond acceptors (Lipinski definition) is 2. The normalized spacial score (nSPS) is 13.0. The third kappa shape index (κ3) is 5.07. The molecule has 1 atom stereocenters. The average Bonchev–Trinajstić information content (AvgIpc) is 2.32. The summed E-state index contributed by atoms with van der Waals surface area (Å²) in [5, 5.41) is 4.07. The van der Waals surface area contributed by atoms with Gasteiger partial charge in [-0.1, -0.05) is 37.1 Å². The number of halogens is 1. The maximum Gasteiger partial charge on any atom is 0.0406 e. The molecule has 0 fully saturated rings. The van der Waals surface area contributed by atoms with E-state index in [1.807, 2.05) is 19.2 Å². The molecule has 3 heteroatoms. The highest BCUT2D eigenvalue weighted by atomic mass is 35.5. The fourth-order valence-electron chi connectivity index (χ4n) is 2.05. The summed E-state index contributed by atoms with van der Waals surface area (Å²) in [7, 11) is 4.20. The predicted molar refractivity (Wildman–Crippen MR) is 75.5 cm³/mol. The molecule has 0 aliphatic heterocycles. The first-order valence-electron chi connectivity index (χ1n) is 6.26. The first-order valence-corrected chi connectivity index (χ1v) is 6.64. The summed E-state index contributed by atoms with van der Waals surface area (Å²) in [6.45, 7) is 4.25. The van der Waals surface area contributed by atoms with Crippen molar-refractivity contribution in [3.8, 4) is 0 Å². The topological polar surface area (TPSA) is 15.3 Å². The molecule has 0 saturated carbocycles. The van der Waals surface area contributed by atoms with Gasteiger partial charge < -0.3 is 5.32 Å². The Balaban J connectivity index is 2.55. The third-order valence-electron chi connectivity index (χ3n) is 3.03. The fourth-order valence-corrected chi connectivity index (χ4v) is 2.18. The molecular weight excluding hydrogens is 232 g/mol. The quantitative estimate of drug-likeness (QED) is 0.804. The van der Waals surface area contributed by atoms with Crippen molar-refractivity contribution in [2.24, 2.45) is 0 Å². The second-order valence-corrected chi connectivity index (χ2v) is 4.98. The lowest BCUT2D eigenvalue weighted by Crippen LogP contribution is -2.38. The van der Waals surface area contributed by atoms with E-state index in [1.54, 1.807) is 0 Å². The van der Waals surface area contributed by atoms with Gasteiger partial charge in [0, 0.05) is 24.2 Å². The molecule has 0 saturated heterocycles. The molecule has 17 heavy (non-hydrogen) atoms. The Labute approximate surface area is 110 Å².